The van der Waals surface area contributed by atoms with Gasteiger partial charge in [-0.3, -0.25) is 4.79 Å². The summed E-state index contributed by atoms with van der Waals surface area (Å²) in [5, 5.41) is 58.0. The van der Waals surface area contributed by atoms with Crippen LogP contribution in [-0.2, 0) is 28.5 Å². The van der Waals surface area contributed by atoms with Gasteiger partial charge < -0.3 is 88.5 Å². The number of amides is 1. The molecule has 3 aliphatic heterocycles. The van der Waals surface area contributed by atoms with Gasteiger partial charge in [0.05, 0.1) is 55.6 Å². The molecule has 238 valence electrons. The Morgan fingerprint density at radius 2 is 1.54 bits per heavy atom. The lowest BCUT2D eigenvalue weighted by Gasteiger charge is -2.51. The quantitative estimate of drug-likeness (QED) is 0.124. The lowest BCUT2D eigenvalue weighted by atomic mass is 9.83. The number of aliphatic hydroxyl groups is 5. The summed E-state index contributed by atoms with van der Waals surface area (Å²) in [6, 6.07) is -4.86. The van der Waals surface area contributed by atoms with Crippen molar-refractivity contribution >= 4 is 5.91 Å². The third kappa shape index (κ3) is 6.68. The molecule has 0 radical (unpaired) electrons. The minimum absolute atomic E-state index is 0.158. The average Bonchev–Trinajstić information content (AvgIpc) is 2.94. The molecule has 0 aromatic carbocycles. The van der Waals surface area contributed by atoms with Crippen LogP contribution in [0.4, 0.5) is 0 Å². The minimum atomic E-state index is -1.66. The van der Waals surface area contributed by atoms with Gasteiger partial charge in [0.1, 0.15) is 30.5 Å². The highest BCUT2D eigenvalue weighted by atomic mass is 16.8. The van der Waals surface area contributed by atoms with Crippen LogP contribution >= 0.6 is 0 Å². The summed E-state index contributed by atoms with van der Waals surface area (Å²) in [6.07, 6.45) is -12.5. The maximum absolute atomic E-state index is 11.8. The first-order valence-corrected chi connectivity index (χ1v) is 13.7. The van der Waals surface area contributed by atoms with Crippen LogP contribution in [0.2, 0.25) is 0 Å². The van der Waals surface area contributed by atoms with Gasteiger partial charge in [-0.15, -0.1) is 0 Å². The van der Waals surface area contributed by atoms with E-state index in [9.17, 15) is 30.3 Å². The highest BCUT2D eigenvalue weighted by Crippen LogP contribution is 2.35. The summed E-state index contributed by atoms with van der Waals surface area (Å²) in [6.45, 7) is -0.987. The van der Waals surface area contributed by atoms with Crippen molar-refractivity contribution in [1.82, 2.24) is 10.6 Å². The van der Waals surface area contributed by atoms with E-state index in [4.69, 9.17) is 52.4 Å². The molecule has 0 aromatic rings. The predicted molar refractivity (Wildman–Crippen MR) is 138 cm³/mol. The number of rotatable bonds is 8. The largest absolute Gasteiger partial charge is 0.394 e. The second-order valence-corrected chi connectivity index (χ2v) is 11.1. The van der Waals surface area contributed by atoms with Crippen molar-refractivity contribution in [2.45, 2.75) is 117 Å². The molecule has 1 aliphatic carbocycles. The van der Waals surface area contributed by atoms with Gasteiger partial charge in [-0.2, -0.15) is 0 Å². The second kappa shape index (κ2) is 13.6. The molecule has 1 amide bonds. The molecular formula is C23H45N7O11. The molecule has 0 bridgehead atoms. The van der Waals surface area contributed by atoms with Gasteiger partial charge in [-0.05, 0) is 19.9 Å². The van der Waals surface area contributed by atoms with E-state index in [0.29, 0.717) is 0 Å². The summed E-state index contributed by atoms with van der Waals surface area (Å²) in [4.78, 5) is 11.8. The van der Waals surface area contributed by atoms with Crippen LogP contribution in [-0.4, -0.2) is 156 Å². The van der Waals surface area contributed by atoms with Crippen LogP contribution in [0.5, 0.6) is 0 Å². The number of carbonyl (C=O) groups excluding carboxylic acids is 1. The Morgan fingerprint density at radius 1 is 0.829 bits per heavy atom. The maximum Gasteiger partial charge on any atom is 0.234 e. The Bertz CT molecular complexity index is 878. The second-order valence-electron chi connectivity index (χ2n) is 11.1. The van der Waals surface area contributed by atoms with Crippen LogP contribution in [0, 0.1) is 0 Å². The standard InChI is InChI=1S/C23H45N7O11/c1-29-14-17(35)20-9(3-8(27)21(40-20)39-19-7(26)2-6(25)15(33)12(19)28)37-22(14)41-23-18(36)16(34)13(10(5-31)38-23)30-11(32)4-24/h6-10,12-23,29,31,33-36H,2-5,24-28H2,1H3,(H,30,32)/t6-,7?,8?,9+,10?,12-,13-,14?,15?,16+,17?,18?,19-,20?,21+,22?,23-/m1/s1. The number of ether oxygens (including phenoxy) is 5. The lowest BCUT2D eigenvalue weighted by molar-refractivity contribution is -0.372. The van der Waals surface area contributed by atoms with Crippen molar-refractivity contribution in [2.24, 2.45) is 28.7 Å². The molecule has 18 nitrogen and oxygen atoms in total. The molecular weight excluding hydrogens is 550 g/mol. The monoisotopic (exact) mass is 595 g/mol. The first-order chi connectivity index (χ1) is 19.4. The third-order valence-electron chi connectivity index (χ3n) is 8.29. The highest BCUT2D eigenvalue weighted by Gasteiger charge is 2.54. The Balaban J connectivity index is 1.43. The Hall–Kier alpha value is -1.17. The van der Waals surface area contributed by atoms with E-state index in [1.165, 1.54) is 0 Å². The van der Waals surface area contributed by atoms with Crippen molar-refractivity contribution in [1.29, 1.82) is 0 Å². The van der Waals surface area contributed by atoms with Crippen molar-refractivity contribution in [3.8, 4) is 0 Å². The zero-order valence-corrected chi connectivity index (χ0v) is 22.7. The van der Waals surface area contributed by atoms with Crippen LogP contribution in [0.3, 0.4) is 0 Å². The first kappa shape index (κ1) is 32.7. The summed E-state index contributed by atoms with van der Waals surface area (Å²) in [5.41, 5.74) is 29.9. The van der Waals surface area contributed by atoms with E-state index in [2.05, 4.69) is 10.6 Å². The fourth-order valence-electron chi connectivity index (χ4n) is 5.92. The molecule has 17 N–H and O–H groups in total. The normalized spacial score (nSPS) is 50.7. The molecule has 18 heteroatoms. The molecule has 17 atom stereocenters. The number of carbonyl (C=O) groups is 1. The number of nitrogens with one attached hydrogen (secondary N) is 2. The first-order valence-electron chi connectivity index (χ1n) is 13.7. The number of hydrogen-bond acceptors (Lipinski definition) is 17. The minimum Gasteiger partial charge on any atom is -0.394 e. The van der Waals surface area contributed by atoms with Gasteiger partial charge in [0.15, 0.2) is 18.9 Å². The maximum atomic E-state index is 11.8. The van der Waals surface area contributed by atoms with Crippen molar-refractivity contribution in [2.75, 3.05) is 20.2 Å². The summed E-state index contributed by atoms with van der Waals surface area (Å²) < 4.78 is 29.6. The molecule has 9 unspecified atom stereocenters. The third-order valence-corrected chi connectivity index (χ3v) is 8.29. The van der Waals surface area contributed by atoms with Crippen LogP contribution in [0.25, 0.3) is 0 Å². The van der Waals surface area contributed by atoms with Gasteiger partial charge in [0.2, 0.25) is 5.91 Å². The van der Waals surface area contributed by atoms with Crippen molar-refractivity contribution in [3.05, 3.63) is 0 Å². The molecule has 4 aliphatic rings. The summed E-state index contributed by atoms with van der Waals surface area (Å²) in [5.74, 6) is -0.620. The number of nitrogens with two attached hydrogens (primary N) is 5. The van der Waals surface area contributed by atoms with Gasteiger partial charge in [-0.25, -0.2) is 0 Å². The highest BCUT2D eigenvalue weighted by molar-refractivity contribution is 5.78. The van der Waals surface area contributed by atoms with E-state index in [0.717, 1.165) is 0 Å². The number of likely N-dealkylation sites (N-methyl/N-ethyl adjacent to an activating group) is 1. The SMILES string of the molecule is CNC1C(O[C@H]2OC(CO)[C@@H](NC(=O)CN)[C@H](O)C2O)O[C@H]2CC(N)[C@@H](O[C@@H]3C(N)C[C@@H](N)C(O)[C@H]3N)OC2C1O. The molecule has 0 aromatic heterocycles. The Kier molecular flexibility index (Phi) is 10.9. The van der Waals surface area contributed by atoms with E-state index in [1.807, 2.05) is 0 Å². The number of aliphatic hydroxyl groups excluding tert-OH is 5. The molecule has 3 saturated heterocycles. The smallest absolute Gasteiger partial charge is 0.234 e. The molecule has 41 heavy (non-hydrogen) atoms. The van der Waals surface area contributed by atoms with Crippen molar-refractivity contribution < 1.29 is 54.0 Å². The summed E-state index contributed by atoms with van der Waals surface area (Å²) >= 11 is 0. The zero-order valence-electron chi connectivity index (χ0n) is 22.7. The Morgan fingerprint density at radius 3 is 2.17 bits per heavy atom. The van der Waals surface area contributed by atoms with Crippen molar-refractivity contribution in [3.63, 3.8) is 0 Å². The van der Waals surface area contributed by atoms with E-state index in [-0.39, 0.29) is 19.4 Å². The fraction of sp³-hybridized carbons (Fsp3) is 0.957. The average molecular weight is 596 g/mol. The van der Waals surface area contributed by atoms with Gasteiger partial charge >= 0.3 is 0 Å². The van der Waals surface area contributed by atoms with Crippen LogP contribution in [0.1, 0.15) is 12.8 Å². The van der Waals surface area contributed by atoms with Crippen LogP contribution < -0.4 is 39.3 Å². The number of fused-ring (bicyclic) bond motifs is 1. The molecule has 4 fully saturated rings. The van der Waals surface area contributed by atoms with Crippen LogP contribution in [0.15, 0.2) is 0 Å². The van der Waals surface area contributed by atoms with Gasteiger partial charge in [0, 0.05) is 12.1 Å². The molecule has 1 saturated carbocycles. The van der Waals surface area contributed by atoms with E-state index < -0.39 is 116 Å². The topological polar surface area (TPSA) is 319 Å². The number of hydrogen-bond donors (Lipinski definition) is 12. The lowest BCUT2D eigenvalue weighted by Crippen LogP contribution is -2.71. The zero-order chi connectivity index (χ0) is 30.2. The Labute approximate surface area is 236 Å². The van der Waals surface area contributed by atoms with Gasteiger partial charge in [-0.1, -0.05) is 0 Å². The predicted octanol–water partition coefficient (Wildman–Crippen LogP) is -7.87. The fourth-order valence-corrected chi connectivity index (χ4v) is 5.92. The molecule has 3 heterocycles. The van der Waals surface area contributed by atoms with E-state index >= 15 is 0 Å². The van der Waals surface area contributed by atoms with Gasteiger partial charge in [0.25, 0.3) is 0 Å². The molecule has 0 spiro atoms. The molecule has 4 rings (SSSR count). The summed E-state index contributed by atoms with van der Waals surface area (Å²) in [7, 11) is 1.54. The van der Waals surface area contributed by atoms with E-state index in [1.54, 1.807) is 7.05 Å².